The number of H-pyrrole nitrogens is 1. The highest BCUT2D eigenvalue weighted by molar-refractivity contribution is 7.89. The first kappa shape index (κ1) is 19.6. The first-order valence-corrected chi connectivity index (χ1v) is 11.0. The average molecular weight is 431 g/mol. The van der Waals surface area contributed by atoms with Gasteiger partial charge in [-0.2, -0.15) is 13.1 Å². The van der Waals surface area contributed by atoms with Gasteiger partial charge < -0.3 is 10.1 Å². The molecule has 0 aliphatic carbocycles. The van der Waals surface area contributed by atoms with Crippen molar-refractivity contribution in [1.82, 2.24) is 18.0 Å². The van der Waals surface area contributed by atoms with Crippen LogP contribution >= 0.6 is 11.7 Å². The van der Waals surface area contributed by atoms with Gasteiger partial charge in [0, 0.05) is 24.2 Å². The Bertz CT molecular complexity index is 1360. The van der Waals surface area contributed by atoms with E-state index in [1.807, 2.05) is 25.1 Å². The minimum Gasteiger partial charge on any atom is -0.395 e. The van der Waals surface area contributed by atoms with E-state index in [4.69, 9.17) is 0 Å². The van der Waals surface area contributed by atoms with Crippen LogP contribution in [0.2, 0.25) is 0 Å². The first-order chi connectivity index (χ1) is 13.9. The number of hydrogen-bond acceptors (Lipinski definition) is 7. The van der Waals surface area contributed by atoms with Gasteiger partial charge in [0.25, 0.3) is 5.56 Å². The van der Waals surface area contributed by atoms with E-state index >= 15 is 0 Å². The van der Waals surface area contributed by atoms with Crippen LogP contribution in [0.15, 0.2) is 52.2 Å². The van der Waals surface area contributed by atoms with Gasteiger partial charge in [0.15, 0.2) is 0 Å². The average Bonchev–Trinajstić information content (AvgIpc) is 3.17. The van der Waals surface area contributed by atoms with Gasteiger partial charge in [0.05, 0.1) is 18.3 Å². The summed E-state index contributed by atoms with van der Waals surface area (Å²) in [7, 11) is -4.01. The molecule has 0 aliphatic heterocycles. The highest BCUT2D eigenvalue weighted by atomic mass is 32.2. The molecule has 0 amide bonds. The zero-order valence-corrected chi connectivity index (χ0v) is 17.1. The maximum absolute atomic E-state index is 13.3. The molecule has 2 heterocycles. The fourth-order valence-corrected chi connectivity index (χ4v) is 5.36. The molecular weight excluding hydrogens is 412 g/mol. The molecule has 150 valence electrons. The van der Waals surface area contributed by atoms with Crippen LogP contribution in [0.4, 0.5) is 0 Å². The second-order valence-electron chi connectivity index (χ2n) is 6.66. The molecule has 4 aromatic rings. The van der Waals surface area contributed by atoms with Crippen molar-refractivity contribution in [2.24, 2.45) is 0 Å². The zero-order valence-electron chi connectivity index (χ0n) is 15.5. The van der Waals surface area contributed by atoms with E-state index in [9.17, 15) is 18.3 Å². The predicted octanol–water partition coefficient (Wildman–Crippen LogP) is 2.02. The predicted molar refractivity (Wildman–Crippen MR) is 111 cm³/mol. The Morgan fingerprint density at radius 1 is 1.17 bits per heavy atom. The van der Waals surface area contributed by atoms with Gasteiger partial charge >= 0.3 is 0 Å². The van der Waals surface area contributed by atoms with Crippen LogP contribution in [0.3, 0.4) is 0 Å². The lowest BCUT2D eigenvalue weighted by Gasteiger charge is -2.21. The highest BCUT2D eigenvalue weighted by Gasteiger charge is 2.28. The Morgan fingerprint density at radius 3 is 2.79 bits per heavy atom. The largest absolute Gasteiger partial charge is 0.395 e. The molecule has 2 aromatic heterocycles. The Kier molecular flexibility index (Phi) is 5.17. The van der Waals surface area contributed by atoms with E-state index in [1.54, 1.807) is 18.2 Å². The molecule has 2 N–H and O–H groups in total. The summed E-state index contributed by atoms with van der Waals surface area (Å²) in [4.78, 5) is 15.3. The van der Waals surface area contributed by atoms with Crippen LogP contribution in [0.1, 0.15) is 11.1 Å². The Balaban J connectivity index is 1.78. The molecule has 0 spiro atoms. The summed E-state index contributed by atoms with van der Waals surface area (Å²) in [6.45, 7) is 1.24. The van der Waals surface area contributed by atoms with Crippen molar-refractivity contribution in [1.29, 1.82) is 0 Å². The van der Waals surface area contributed by atoms with Gasteiger partial charge in [0.2, 0.25) is 10.0 Å². The van der Waals surface area contributed by atoms with Crippen molar-refractivity contribution >= 4 is 43.7 Å². The summed E-state index contributed by atoms with van der Waals surface area (Å²) in [6.07, 6.45) is 0. The van der Waals surface area contributed by atoms with Gasteiger partial charge in [-0.05, 0) is 42.6 Å². The minimum absolute atomic E-state index is 0.00487. The van der Waals surface area contributed by atoms with Crippen LogP contribution in [-0.2, 0) is 16.6 Å². The molecule has 4 rings (SSSR count). The molecule has 29 heavy (non-hydrogen) atoms. The lowest BCUT2D eigenvalue weighted by Crippen LogP contribution is -2.35. The van der Waals surface area contributed by atoms with E-state index in [0.29, 0.717) is 16.6 Å². The molecule has 2 aromatic carbocycles. The van der Waals surface area contributed by atoms with E-state index in [-0.39, 0.29) is 35.7 Å². The van der Waals surface area contributed by atoms with Crippen molar-refractivity contribution in [2.45, 2.75) is 18.4 Å². The van der Waals surface area contributed by atoms with Crippen molar-refractivity contribution in [3.8, 4) is 0 Å². The molecular formula is C19H18N4O4S2. The number of nitrogens with zero attached hydrogens (tertiary/aromatic N) is 3. The lowest BCUT2D eigenvalue weighted by atomic mass is 10.1. The monoisotopic (exact) mass is 430 g/mol. The molecule has 0 radical (unpaired) electrons. The number of aromatic amines is 1. The van der Waals surface area contributed by atoms with E-state index in [1.165, 1.54) is 6.07 Å². The quantitative estimate of drug-likeness (QED) is 0.483. The van der Waals surface area contributed by atoms with E-state index in [0.717, 1.165) is 27.0 Å². The summed E-state index contributed by atoms with van der Waals surface area (Å²) in [5.74, 6) is 0. The van der Waals surface area contributed by atoms with E-state index in [2.05, 4.69) is 13.7 Å². The summed E-state index contributed by atoms with van der Waals surface area (Å²) in [6, 6.07) is 12.0. The maximum atomic E-state index is 13.3. The van der Waals surface area contributed by atoms with Gasteiger partial charge in [-0.1, -0.05) is 17.7 Å². The molecule has 0 saturated heterocycles. The van der Waals surface area contributed by atoms with Gasteiger partial charge in [0.1, 0.15) is 15.9 Å². The van der Waals surface area contributed by atoms with Crippen molar-refractivity contribution in [2.75, 3.05) is 13.2 Å². The van der Waals surface area contributed by atoms with E-state index < -0.39 is 10.0 Å². The smallest absolute Gasteiger partial charge is 0.252 e. The molecule has 0 saturated carbocycles. The van der Waals surface area contributed by atoms with Crippen molar-refractivity contribution in [3.63, 3.8) is 0 Å². The Labute approximate surface area is 170 Å². The van der Waals surface area contributed by atoms with Crippen LogP contribution in [-0.4, -0.2) is 44.7 Å². The second-order valence-corrected chi connectivity index (χ2v) is 9.10. The SMILES string of the molecule is Cc1ccc2[nH]c(=O)c(CN(CCO)S(=O)(=O)c3cccc4nsnc34)cc2c1. The number of rotatable bonds is 6. The number of sulfonamides is 1. The molecule has 10 heteroatoms. The highest BCUT2D eigenvalue weighted by Crippen LogP contribution is 2.25. The number of hydrogen-bond donors (Lipinski definition) is 2. The number of nitrogens with one attached hydrogen (secondary N) is 1. The number of aromatic nitrogens is 3. The molecule has 0 unspecified atom stereocenters. The van der Waals surface area contributed by atoms with Gasteiger partial charge in [-0.25, -0.2) is 8.42 Å². The van der Waals surface area contributed by atoms with Crippen molar-refractivity contribution in [3.05, 3.63) is 63.9 Å². The van der Waals surface area contributed by atoms with Crippen LogP contribution in [0.5, 0.6) is 0 Å². The van der Waals surface area contributed by atoms with Crippen LogP contribution in [0, 0.1) is 6.92 Å². The molecule has 0 fully saturated rings. The number of aryl methyl sites for hydroxylation is 1. The normalized spacial score (nSPS) is 12.2. The standard InChI is InChI=1S/C19H18N4O4S2/c1-12-5-6-15-13(9-12)10-14(19(25)20-15)11-23(7-8-24)29(26,27)17-4-2-3-16-18(17)22-28-21-16/h2-6,9-10,24H,7-8,11H2,1H3,(H,20,25). The third-order valence-corrected chi connectivity index (χ3v) is 7.06. The summed E-state index contributed by atoms with van der Waals surface area (Å²) < 4.78 is 35.9. The minimum atomic E-state index is -4.01. The number of aliphatic hydroxyl groups excluding tert-OH is 1. The summed E-state index contributed by atoms with van der Waals surface area (Å²) in [5.41, 5.74) is 2.40. The molecule has 0 atom stereocenters. The zero-order chi connectivity index (χ0) is 20.6. The van der Waals surface area contributed by atoms with Crippen molar-refractivity contribution < 1.29 is 13.5 Å². The lowest BCUT2D eigenvalue weighted by molar-refractivity contribution is 0.251. The second kappa shape index (κ2) is 7.64. The third-order valence-electron chi connectivity index (χ3n) is 4.64. The van der Waals surface area contributed by atoms with Crippen LogP contribution < -0.4 is 5.56 Å². The first-order valence-electron chi connectivity index (χ1n) is 8.85. The fraction of sp³-hybridized carbons (Fsp3) is 0.211. The number of pyridine rings is 1. The Hall–Kier alpha value is -2.66. The third kappa shape index (κ3) is 3.67. The fourth-order valence-electron chi connectivity index (χ4n) is 3.20. The molecule has 0 aliphatic rings. The number of aliphatic hydroxyl groups is 1. The molecule has 0 bridgehead atoms. The maximum Gasteiger partial charge on any atom is 0.252 e. The topological polar surface area (TPSA) is 116 Å². The number of benzene rings is 2. The van der Waals surface area contributed by atoms with Crippen LogP contribution in [0.25, 0.3) is 21.9 Å². The van der Waals surface area contributed by atoms with Gasteiger partial charge in [-0.3, -0.25) is 4.79 Å². The van der Waals surface area contributed by atoms with Gasteiger partial charge in [-0.15, -0.1) is 0 Å². The number of fused-ring (bicyclic) bond motifs is 2. The molecule has 8 nitrogen and oxygen atoms in total. The summed E-state index contributed by atoms with van der Waals surface area (Å²) >= 11 is 0.930. The Morgan fingerprint density at radius 2 is 2.00 bits per heavy atom. The summed E-state index contributed by atoms with van der Waals surface area (Å²) in [5, 5.41) is 10.3.